The molecule has 23 heavy (non-hydrogen) atoms. The summed E-state index contributed by atoms with van der Waals surface area (Å²) in [5.41, 5.74) is 3.64. The molecule has 1 aliphatic rings. The number of quaternary nitrogens is 1. The van der Waals surface area contributed by atoms with Crippen molar-refractivity contribution >= 4 is 5.57 Å². The van der Waals surface area contributed by atoms with Crippen molar-refractivity contribution in [2.75, 3.05) is 19.6 Å². The zero-order valence-corrected chi connectivity index (χ0v) is 13.6. The van der Waals surface area contributed by atoms with E-state index in [1.807, 2.05) is 0 Å². The average Bonchev–Trinajstić information content (AvgIpc) is 2.64. The predicted octanol–water partition coefficient (Wildman–Crippen LogP) is 3.19. The van der Waals surface area contributed by atoms with Gasteiger partial charge in [-0.05, 0) is 48.0 Å². The summed E-state index contributed by atoms with van der Waals surface area (Å²) in [5, 5.41) is 0. The zero-order chi connectivity index (χ0) is 15.7. The topological polar surface area (TPSA) is 4.44 Å². The van der Waals surface area contributed by atoms with Gasteiger partial charge in [0, 0.05) is 0 Å². The Morgan fingerprint density at radius 3 is 1.96 bits per heavy atom. The molecule has 1 saturated heterocycles. The summed E-state index contributed by atoms with van der Waals surface area (Å²) in [4.78, 5) is 1.64. The number of nitrogens with one attached hydrogen (secondary N) is 1. The number of allylic oxidation sites excluding steroid dienone is 1. The highest BCUT2D eigenvalue weighted by Crippen LogP contribution is 2.22. The summed E-state index contributed by atoms with van der Waals surface area (Å²) in [6.07, 6.45) is 6.18. The van der Waals surface area contributed by atoms with Crippen molar-refractivity contribution in [2.45, 2.75) is 19.3 Å². The Morgan fingerprint density at radius 2 is 1.39 bits per heavy atom. The zero-order valence-electron chi connectivity index (χ0n) is 13.6. The molecule has 0 aromatic heterocycles. The lowest BCUT2D eigenvalue weighted by Crippen LogP contribution is -3.12. The van der Waals surface area contributed by atoms with E-state index in [9.17, 15) is 0 Å². The van der Waals surface area contributed by atoms with Gasteiger partial charge < -0.3 is 4.90 Å². The maximum Gasteiger partial charge on any atom is 0.139 e. The second kappa shape index (κ2) is 8.36. The number of benzene rings is 2. The minimum absolute atomic E-state index is 0.966. The van der Waals surface area contributed by atoms with Crippen molar-refractivity contribution in [3.8, 4) is 11.8 Å². The van der Waals surface area contributed by atoms with Gasteiger partial charge in [0.25, 0.3) is 0 Å². The first-order chi connectivity index (χ1) is 11.4. The predicted molar refractivity (Wildman–Crippen MR) is 97.2 cm³/mol. The third kappa shape index (κ3) is 4.58. The monoisotopic (exact) mass is 302 g/mol. The fourth-order valence-electron chi connectivity index (χ4n) is 3.10. The third-order valence-corrected chi connectivity index (χ3v) is 4.39. The van der Waals surface area contributed by atoms with E-state index in [1.54, 1.807) is 4.90 Å². The first-order valence-corrected chi connectivity index (χ1v) is 8.56. The van der Waals surface area contributed by atoms with Gasteiger partial charge in [-0.15, -0.1) is 0 Å². The molecule has 116 valence electrons. The molecule has 0 spiro atoms. The van der Waals surface area contributed by atoms with E-state index in [0.717, 1.165) is 6.54 Å². The summed E-state index contributed by atoms with van der Waals surface area (Å²) >= 11 is 0. The molecule has 1 N–H and O–H groups in total. The quantitative estimate of drug-likeness (QED) is 0.831. The molecule has 2 aromatic rings. The minimum atomic E-state index is 0.966. The van der Waals surface area contributed by atoms with E-state index < -0.39 is 0 Å². The lowest BCUT2D eigenvalue weighted by Gasteiger charge is -2.20. The molecular formula is C22H24N+. The molecule has 0 atom stereocenters. The molecule has 0 saturated carbocycles. The second-order valence-electron chi connectivity index (χ2n) is 6.10. The van der Waals surface area contributed by atoms with Gasteiger partial charge in [0.2, 0.25) is 0 Å². The Hall–Kier alpha value is -2.30. The highest BCUT2D eigenvalue weighted by molar-refractivity contribution is 5.81. The Kier molecular flexibility index (Phi) is 5.67. The van der Waals surface area contributed by atoms with E-state index in [4.69, 9.17) is 0 Å². The smallest absolute Gasteiger partial charge is 0.139 e. The molecule has 1 heteroatoms. The van der Waals surface area contributed by atoms with Crippen LogP contribution >= 0.6 is 0 Å². The Bertz CT molecular complexity index is 642. The molecule has 0 amide bonds. The van der Waals surface area contributed by atoms with Gasteiger partial charge in [0.1, 0.15) is 6.54 Å². The van der Waals surface area contributed by atoms with Gasteiger partial charge in [0.15, 0.2) is 0 Å². The molecule has 0 aliphatic carbocycles. The molecule has 0 bridgehead atoms. The first kappa shape index (κ1) is 15.6. The van der Waals surface area contributed by atoms with Gasteiger partial charge in [-0.25, -0.2) is 0 Å². The molecule has 1 fully saturated rings. The maximum atomic E-state index is 3.36. The first-order valence-electron chi connectivity index (χ1n) is 8.56. The SMILES string of the molecule is C(#CC[NH+]1CCCCC1)C=C(c1ccccc1)c1ccccc1. The van der Waals surface area contributed by atoms with Crippen LogP contribution in [-0.4, -0.2) is 19.6 Å². The Morgan fingerprint density at radius 1 is 0.826 bits per heavy atom. The van der Waals surface area contributed by atoms with Crippen LogP contribution < -0.4 is 4.90 Å². The molecule has 1 aliphatic heterocycles. The molecule has 0 unspecified atom stereocenters. The molecule has 1 heterocycles. The summed E-state index contributed by atoms with van der Waals surface area (Å²) in [7, 11) is 0. The number of hydrogen-bond acceptors (Lipinski definition) is 0. The lowest BCUT2D eigenvalue weighted by molar-refractivity contribution is -0.897. The van der Waals surface area contributed by atoms with Crippen LogP contribution in [0.25, 0.3) is 5.57 Å². The van der Waals surface area contributed by atoms with Gasteiger partial charge >= 0.3 is 0 Å². The highest BCUT2D eigenvalue weighted by atomic mass is 15.1. The minimum Gasteiger partial charge on any atom is -0.325 e. The van der Waals surface area contributed by atoms with Gasteiger partial charge in [0.05, 0.1) is 13.1 Å². The fraction of sp³-hybridized carbons (Fsp3) is 0.273. The van der Waals surface area contributed by atoms with Crippen LogP contribution in [0.2, 0.25) is 0 Å². The van der Waals surface area contributed by atoms with E-state index in [1.165, 1.54) is 49.1 Å². The van der Waals surface area contributed by atoms with Crippen LogP contribution in [0, 0.1) is 11.8 Å². The van der Waals surface area contributed by atoms with Crippen molar-refractivity contribution in [1.82, 2.24) is 0 Å². The second-order valence-corrected chi connectivity index (χ2v) is 6.10. The Balaban J connectivity index is 1.78. The van der Waals surface area contributed by atoms with Gasteiger partial charge in [-0.3, -0.25) is 0 Å². The highest BCUT2D eigenvalue weighted by Gasteiger charge is 2.10. The molecule has 2 aromatic carbocycles. The van der Waals surface area contributed by atoms with Gasteiger partial charge in [-0.1, -0.05) is 66.6 Å². The standard InChI is InChI=1S/C22H23N/c1-4-12-20(13-5-1)22(21-14-6-2-7-15-21)16-8-11-19-23-17-9-3-10-18-23/h1-2,4-7,12-16H,3,9-10,17-19H2/p+1. The molecule has 3 rings (SSSR count). The summed E-state index contributed by atoms with van der Waals surface area (Å²) < 4.78 is 0. The maximum absolute atomic E-state index is 3.36. The number of piperidine rings is 1. The van der Waals surface area contributed by atoms with E-state index in [-0.39, 0.29) is 0 Å². The molecule has 1 nitrogen and oxygen atoms in total. The van der Waals surface area contributed by atoms with E-state index in [2.05, 4.69) is 78.6 Å². The van der Waals surface area contributed by atoms with Crippen LogP contribution in [0.1, 0.15) is 30.4 Å². The molecular weight excluding hydrogens is 278 g/mol. The van der Waals surface area contributed by atoms with Gasteiger partial charge in [-0.2, -0.15) is 0 Å². The van der Waals surface area contributed by atoms with Crippen LogP contribution in [0.5, 0.6) is 0 Å². The van der Waals surface area contributed by atoms with Crippen molar-refractivity contribution < 1.29 is 4.90 Å². The van der Waals surface area contributed by atoms with E-state index >= 15 is 0 Å². The van der Waals surface area contributed by atoms with E-state index in [0.29, 0.717) is 0 Å². The number of likely N-dealkylation sites (tertiary alicyclic amines) is 1. The molecule has 0 radical (unpaired) electrons. The lowest BCUT2D eigenvalue weighted by atomic mass is 9.98. The summed E-state index contributed by atoms with van der Waals surface area (Å²) in [5.74, 6) is 6.66. The summed E-state index contributed by atoms with van der Waals surface area (Å²) in [6.45, 7) is 3.53. The van der Waals surface area contributed by atoms with Crippen molar-refractivity contribution in [3.05, 3.63) is 77.9 Å². The number of hydrogen-bond donors (Lipinski definition) is 1. The van der Waals surface area contributed by atoms with Crippen LogP contribution in [-0.2, 0) is 0 Å². The van der Waals surface area contributed by atoms with Crippen molar-refractivity contribution in [1.29, 1.82) is 0 Å². The fourth-order valence-corrected chi connectivity index (χ4v) is 3.10. The van der Waals surface area contributed by atoms with Crippen molar-refractivity contribution in [2.24, 2.45) is 0 Å². The van der Waals surface area contributed by atoms with Crippen LogP contribution in [0.3, 0.4) is 0 Å². The summed E-state index contributed by atoms with van der Waals surface area (Å²) in [6, 6.07) is 21.0. The Labute approximate surface area is 139 Å². The van der Waals surface area contributed by atoms with Crippen molar-refractivity contribution in [3.63, 3.8) is 0 Å². The van der Waals surface area contributed by atoms with Crippen LogP contribution in [0.15, 0.2) is 66.7 Å². The normalized spacial score (nSPS) is 14.6. The average molecular weight is 302 g/mol. The van der Waals surface area contributed by atoms with Crippen LogP contribution in [0.4, 0.5) is 0 Å². The third-order valence-electron chi connectivity index (χ3n) is 4.39. The largest absolute Gasteiger partial charge is 0.325 e. The number of rotatable bonds is 3.